The third-order valence-electron chi connectivity index (χ3n) is 2.76. The monoisotopic (exact) mass is 399 g/mol. The highest BCUT2D eigenvalue weighted by Crippen LogP contribution is 2.22. The predicted octanol–water partition coefficient (Wildman–Crippen LogP) is 4.15. The number of hydrogen-bond acceptors (Lipinski definition) is 1. The molecule has 0 heterocycles. The van der Waals surface area contributed by atoms with Crippen LogP contribution in [-0.2, 0) is 0 Å². The smallest absolute Gasteiger partial charge is 0.253 e. The van der Waals surface area contributed by atoms with Crippen LogP contribution in [0.15, 0.2) is 18.2 Å². The molecule has 0 aromatic heterocycles. The maximum absolute atomic E-state index is 13.3. The van der Waals surface area contributed by atoms with Gasteiger partial charge < -0.3 is 5.32 Å². The van der Waals surface area contributed by atoms with Crippen LogP contribution in [0.3, 0.4) is 0 Å². The Labute approximate surface area is 128 Å². The van der Waals surface area contributed by atoms with Crippen molar-refractivity contribution in [3.63, 3.8) is 0 Å². The number of hydrogen-bond donors (Lipinski definition) is 1. The summed E-state index contributed by atoms with van der Waals surface area (Å²) in [6, 6.07) is 4.19. The maximum atomic E-state index is 13.3. The van der Waals surface area contributed by atoms with Gasteiger partial charge in [0.05, 0.1) is 16.1 Å². The van der Waals surface area contributed by atoms with E-state index in [0.717, 1.165) is 6.42 Å². The number of benzene rings is 1. The predicted molar refractivity (Wildman–Crippen MR) is 79.5 cm³/mol. The fraction of sp³-hybridized carbons (Fsp3) is 0.417. The average Bonchev–Trinajstić information content (AvgIpc) is 2.39. The lowest BCUT2D eigenvalue weighted by Gasteiger charge is -2.30. The first-order valence-corrected chi connectivity index (χ1v) is 8.00. The van der Waals surface area contributed by atoms with E-state index in [4.69, 9.17) is 11.6 Å². The first-order chi connectivity index (χ1) is 8.49. The summed E-state index contributed by atoms with van der Waals surface area (Å²) in [5.41, 5.74) is -0.261. The second-order valence-corrected chi connectivity index (χ2v) is 5.46. The second kappa shape index (κ2) is 6.87. The number of rotatable bonds is 5. The van der Waals surface area contributed by atoms with Crippen LogP contribution in [0.5, 0.6) is 0 Å². The summed E-state index contributed by atoms with van der Waals surface area (Å²) >= 11 is 12.5. The second-order valence-electron chi connectivity index (χ2n) is 3.96. The van der Waals surface area contributed by atoms with Crippen LogP contribution in [0.1, 0.15) is 23.7 Å². The molecule has 0 unspecified atom stereocenters. The van der Waals surface area contributed by atoms with E-state index in [2.05, 4.69) is 37.2 Å². The Morgan fingerprint density at radius 2 is 2.06 bits per heavy atom. The molecule has 1 aromatic rings. The van der Waals surface area contributed by atoms with E-state index < -0.39 is 11.4 Å². The Hall–Kier alpha value is -0.130. The average molecular weight is 402 g/mol. The molecule has 0 bridgehead atoms. The SMILES string of the molecule is CCC(CBr)(CBr)NC(=O)c1cccc(F)c1Cl. The van der Waals surface area contributed by atoms with Gasteiger partial charge in [-0.1, -0.05) is 56.5 Å². The standard InChI is InChI=1S/C12H13Br2ClFNO/c1-2-12(6-13,7-14)17-11(18)8-4-3-5-9(16)10(8)15/h3-5H,2,6-7H2,1H3,(H,17,18). The van der Waals surface area contributed by atoms with Crippen molar-refractivity contribution in [2.45, 2.75) is 18.9 Å². The largest absolute Gasteiger partial charge is 0.345 e. The third-order valence-corrected chi connectivity index (χ3v) is 5.29. The van der Waals surface area contributed by atoms with Gasteiger partial charge in [0.25, 0.3) is 5.91 Å². The minimum absolute atomic E-state index is 0.149. The minimum atomic E-state index is -0.593. The molecule has 0 spiro atoms. The van der Waals surface area contributed by atoms with Gasteiger partial charge in [-0.25, -0.2) is 4.39 Å². The highest BCUT2D eigenvalue weighted by molar-refractivity contribution is 9.09. The normalized spacial score (nSPS) is 11.4. The molecule has 1 rings (SSSR count). The molecule has 0 fully saturated rings. The molecule has 100 valence electrons. The molecule has 0 aliphatic rings. The summed E-state index contributed by atoms with van der Waals surface area (Å²) in [6.45, 7) is 1.97. The Kier molecular flexibility index (Phi) is 6.08. The summed E-state index contributed by atoms with van der Waals surface area (Å²) in [6.07, 6.45) is 0.738. The van der Waals surface area contributed by atoms with E-state index in [1.807, 2.05) is 6.92 Å². The lowest BCUT2D eigenvalue weighted by molar-refractivity contribution is 0.0915. The fourth-order valence-electron chi connectivity index (χ4n) is 1.37. The molecule has 0 saturated carbocycles. The summed E-state index contributed by atoms with van der Waals surface area (Å²) in [5.74, 6) is -0.968. The van der Waals surface area contributed by atoms with E-state index in [0.29, 0.717) is 10.7 Å². The van der Waals surface area contributed by atoms with Crippen molar-refractivity contribution in [3.8, 4) is 0 Å². The number of carbonyl (C=O) groups is 1. The molecule has 0 saturated heterocycles. The lowest BCUT2D eigenvalue weighted by Crippen LogP contribution is -2.51. The van der Waals surface area contributed by atoms with E-state index >= 15 is 0 Å². The van der Waals surface area contributed by atoms with Crippen molar-refractivity contribution in [2.24, 2.45) is 0 Å². The van der Waals surface area contributed by atoms with Crippen molar-refractivity contribution in [2.75, 3.05) is 10.7 Å². The van der Waals surface area contributed by atoms with E-state index in [9.17, 15) is 9.18 Å². The number of alkyl halides is 2. The molecule has 2 nitrogen and oxygen atoms in total. The first kappa shape index (κ1) is 15.9. The van der Waals surface area contributed by atoms with Crippen LogP contribution < -0.4 is 5.32 Å². The molecule has 0 atom stereocenters. The van der Waals surface area contributed by atoms with Crippen LogP contribution in [0.4, 0.5) is 4.39 Å². The fourth-order valence-corrected chi connectivity index (χ4v) is 3.58. The number of amides is 1. The van der Waals surface area contributed by atoms with Gasteiger partial charge in [-0.3, -0.25) is 4.79 Å². The van der Waals surface area contributed by atoms with Crippen LogP contribution in [0.2, 0.25) is 5.02 Å². The van der Waals surface area contributed by atoms with Gasteiger partial charge in [0, 0.05) is 10.7 Å². The zero-order valence-corrected chi connectivity index (χ0v) is 13.7. The van der Waals surface area contributed by atoms with Crippen molar-refractivity contribution in [3.05, 3.63) is 34.6 Å². The maximum Gasteiger partial charge on any atom is 0.253 e. The van der Waals surface area contributed by atoms with Gasteiger partial charge in [-0.15, -0.1) is 0 Å². The minimum Gasteiger partial charge on any atom is -0.345 e. The van der Waals surface area contributed by atoms with Crippen molar-refractivity contribution >= 4 is 49.4 Å². The third kappa shape index (κ3) is 3.45. The van der Waals surface area contributed by atoms with Crippen LogP contribution in [0.25, 0.3) is 0 Å². The number of nitrogens with one attached hydrogen (secondary N) is 1. The van der Waals surface area contributed by atoms with Crippen molar-refractivity contribution in [1.29, 1.82) is 0 Å². The summed E-state index contributed by atoms with van der Waals surface area (Å²) in [5, 5.41) is 3.93. The molecule has 1 aromatic carbocycles. The molecule has 1 amide bonds. The number of halogens is 4. The molecule has 0 aliphatic heterocycles. The van der Waals surface area contributed by atoms with Crippen LogP contribution in [-0.4, -0.2) is 22.1 Å². The van der Waals surface area contributed by atoms with Crippen LogP contribution >= 0.6 is 43.5 Å². The summed E-state index contributed by atoms with van der Waals surface area (Å²) in [7, 11) is 0. The highest BCUT2D eigenvalue weighted by Gasteiger charge is 2.29. The van der Waals surface area contributed by atoms with Gasteiger partial charge in [-0.05, 0) is 18.6 Å². The van der Waals surface area contributed by atoms with Gasteiger partial charge in [0.1, 0.15) is 5.82 Å². The van der Waals surface area contributed by atoms with Gasteiger partial charge in [0.15, 0.2) is 0 Å². The molecule has 1 N–H and O–H groups in total. The Bertz CT molecular complexity index is 430. The van der Waals surface area contributed by atoms with Gasteiger partial charge >= 0.3 is 0 Å². The number of carbonyl (C=O) groups excluding carboxylic acids is 1. The quantitative estimate of drug-likeness (QED) is 0.738. The van der Waals surface area contributed by atoms with Crippen molar-refractivity contribution < 1.29 is 9.18 Å². The summed E-state index contributed by atoms with van der Waals surface area (Å²) in [4.78, 5) is 12.1. The molecule has 0 aliphatic carbocycles. The van der Waals surface area contributed by atoms with E-state index in [1.165, 1.54) is 18.2 Å². The molecule has 18 heavy (non-hydrogen) atoms. The molecule has 0 radical (unpaired) electrons. The zero-order chi connectivity index (χ0) is 13.8. The topological polar surface area (TPSA) is 29.1 Å². The molecular formula is C12H13Br2ClFNO. The molecule has 6 heteroatoms. The van der Waals surface area contributed by atoms with Gasteiger partial charge in [-0.2, -0.15) is 0 Å². The first-order valence-electron chi connectivity index (χ1n) is 5.38. The Balaban J connectivity index is 2.98. The zero-order valence-electron chi connectivity index (χ0n) is 9.77. The summed E-state index contributed by atoms with van der Waals surface area (Å²) < 4.78 is 13.3. The Morgan fingerprint density at radius 1 is 1.44 bits per heavy atom. The van der Waals surface area contributed by atoms with E-state index in [1.54, 1.807) is 0 Å². The van der Waals surface area contributed by atoms with E-state index in [-0.39, 0.29) is 16.5 Å². The lowest BCUT2D eigenvalue weighted by atomic mass is 10.0. The highest BCUT2D eigenvalue weighted by atomic mass is 79.9. The Morgan fingerprint density at radius 3 is 2.56 bits per heavy atom. The van der Waals surface area contributed by atoms with Gasteiger partial charge in [0.2, 0.25) is 0 Å². The molecular weight excluding hydrogens is 388 g/mol. The van der Waals surface area contributed by atoms with Crippen molar-refractivity contribution in [1.82, 2.24) is 5.32 Å². The van der Waals surface area contributed by atoms with Crippen LogP contribution in [0, 0.1) is 5.82 Å².